The van der Waals surface area contributed by atoms with Crippen LogP contribution in [-0.4, -0.2) is 15.1 Å². The minimum atomic E-state index is -0.728. The van der Waals surface area contributed by atoms with Gasteiger partial charge in [0.15, 0.2) is 0 Å². The van der Waals surface area contributed by atoms with Gasteiger partial charge in [-0.25, -0.2) is 4.39 Å². The molecular formula is C11H8ClFN4O2. The van der Waals surface area contributed by atoms with Crippen LogP contribution in [-0.2, 0) is 6.54 Å². The second kappa shape index (κ2) is 5.57. The van der Waals surface area contributed by atoms with Gasteiger partial charge in [-0.1, -0.05) is 11.6 Å². The second-order valence-corrected chi connectivity index (χ2v) is 4.02. The van der Waals surface area contributed by atoms with Crippen LogP contribution >= 0.6 is 11.6 Å². The van der Waals surface area contributed by atoms with E-state index in [1.54, 1.807) is 12.1 Å². The van der Waals surface area contributed by atoms with Crippen molar-refractivity contribution in [2.24, 2.45) is 0 Å². The van der Waals surface area contributed by atoms with E-state index in [-0.39, 0.29) is 22.9 Å². The van der Waals surface area contributed by atoms with Gasteiger partial charge in [0, 0.05) is 18.3 Å². The van der Waals surface area contributed by atoms with Crippen molar-refractivity contribution in [1.82, 2.24) is 10.2 Å². The monoisotopic (exact) mass is 282 g/mol. The summed E-state index contributed by atoms with van der Waals surface area (Å²) in [6, 6.07) is 5.33. The van der Waals surface area contributed by atoms with Crippen molar-refractivity contribution in [2.75, 3.05) is 5.32 Å². The highest BCUT2D eigenvalue weighted by Gasteiger charge is 2.17. The Labute approximate surface area is 112 Å². The molecule has 6 nitrogen and oxygen atoms in total. The summed E-state index contributed by atoms with van der Waals surface area (Å²) in [7, 11) is 0. The number of halogens is 2. The fraction of sp³-hybridized carbons (Fsp3) is 0.0909. The van der Waals surface area contributed by atoms with E-state index >= 15 is 0 Å². The van der Waals surface area contributed by atoms with E-state index in [1.165, 1.54) is 6.20 Å². The number of nitrogens with zero attached hydrogens (tertiary/aromatic N) is 3. The highest BCUT2D eigenvalue weighted by Crippen LogP contribution is 2.30. The smallest absolute Gasteiger partial charge is 0.294 e. The number of rotatable bonds is 4. The number of benzene rings is 1. The first-order valence-electron chi connectivity index (χ1n) is 5.22. The zero-order valence-electron chi connectivity index (χ0n) is 9.51. The van der Waals surface area contributed by atoms with Gasteiger partial charge in [0.25, 0.3) is 5.69 Å². The SMILES string of the molecule is O=[N+]([O-])c1cc(Cl)c(F)cc1NCc1cccnn1. The molecule has 19 heavy (non-hydrogen) atoms. The number of nitro benzene ring substituents is 1. The van der Waals surface area contributed by atoms with Gasteiger partial charge in [-0.2, -0.15) is 10.2 Å². The molecule has 0 radical (unpaired) electrons. The van der Waals surface area contributed by atoms with Gasteiger partial charge in [0.1, 0.15) is 11.5 Å². The summed E-state index contributed by atoms with van der Waals surface area (Å²) >= 11 is 5.52. The molecule has 0 atom stereocenters. The molecule has 0 aliphatic heterocycles. The Morgan fingerprint density at radius 2 is 2.26 bits per heavy atom. The van der Waals surface area contributed by atoms with Crippen molar-refractivity contribution in [3.05, 3.63) is 57.1 Å². The molecule has 0 saturated carbocycles. The lowest BCUT2D eigenvalue weighted by Crippen LogP contribution is -2.05. The summed E-state index contributed by atoms with van der Waals surface area (Å²) in [6.45, 7) is 0.190. The van der Waals surface area contributed by atoms with Crippen LogP contribution < -0.4 is 5.32 Å². The molecule has 1 aromatic carbocycles. The summed E-state index contributed by atoms with van der Waals surface area (Å²) < 4.78 is 13.3. The number of nitro groups is 1. The van der Waals surface area contributed by atoms with Gasteiger partial charge >= 0.3 is 0 Å². The fourth-order valence-corrected chi connectivity index (χ4v) is 1.60. The lowest BCUT2D eigenvalue weighted by molar-refractivity contribution is -0.384. The van der Waals surface area contributed by atoms with Crippen LogP contribution in [0, 0.1) is 15.9 Å². The summed E-state index contributed by atoms with van der Waals surface area (Å²) in [6.07, 6.45) is 1.51. The van der Waals surface area contributed by atoms with E-state index in [0.29, 0.717) is 5.69 Å². The van der Waals surface area contributed by atoms with Crippen molar-refractivity contribution in [2.45, 2.75) is 6.54 Å². The van der Waals surface area contributed by atoms with Gasteiger partial charge in [0.2, 0.25) is 0 Å². The predicted octanol–water partition coefficient (Wildman–Crippen LogP) is 2.79. The largest absolute Gasteiger partial charge is 0.374 e. The predicted molar refractivity (Wildman–Crippen MR) is 67.4 cm³/mol. The number of hydrogen-bond donors (Lipinski definition) is 1. The van der Waals surface area contributed by atoms with Crippen LogP contribution in [0.5, 0.6) is 0 Å². The van der Waals surface area contributed by atoms with Gasteiger partial charge in [-0.3, -0.25) is 10.1 Å². The Bertz CT molecular complexity index is 609. The summed E-state index contributed by atoms with van der Waals surface area (Å²) in [4.78, 5) is 10.2. The molecular weight excluding hydrogens is 275 g/mol. The first kappa shape index (κ1) is 13.2. The summed E-state index contributed by atoms with van der Waals surface area (Å²) in [5.41, 5.74) is 0.319. The first-order valence-corrected chi connectivity index (χ1v) is 5.59. The Morgan fingerprint density at radius 3 is 2.89 bits per heavy atom. The van der Waals surface area contributed by atoms with Gasteiger partial charge < -0.3 is 5.32 Å². The molecule has 0 saturated heterocycles. The van der Waals surface area contributed by atoms with Crippen LogP contribution in [0.1, 0.15) is 5.69 Å². The van der Waals surface area contributed by atoms with E-state index < -0.39 is 10.7 Å². The Morgan fingerprint density at radius 1 is 1.47 bits per heavy atom. The lowest BCUT2D eigenvalue weighted by atomic mass is 10.2. The zero-order chi connectivity index (χ0) is 13.8. The van der Waals surface area contributed by atoms with Crippen molar-refractivity contribution in [3.63, 3.8) is 0 Å². The van der Waals surface area contributed by atoms with Crippen molar-refractivity contribution >= 4 is 23.0 Å². The van der Waals surface area contributed by atoms with Crippen LogP contribution in [0.2, 0.25) is 5.02 Å². The van der Waals surface area contributed by atoms with Gasteiger partial charge in [0.05, 0.1) is 22.2 Å². The number of aromatic nitrogens is 2. The number of nitrogens with one attached hydrogen (secondary N) is 1. The van der Waals surface area contributed by atoms with Gasteiger partial charge in [-0.05, 0) is 12.1 Å². The van der Waals surface area contributed by atoms with Crippen molar-refractivity contribution in [3.8, 4) is 0 Å². The Kier molecular flexibility index (Phi) is 3.86. The molecule has 98 valence electrons. The van der Waals surface area contributed by atoms with Crippen LogP contribution in [0.15, 0.2) is 30.5 Å². The normalized spacial score (nSPS) is 10.2. The Hall–Kier alpha value is -2.28. The minimum absolute atomic E-state index is 0.0394. The van der Waals surface area contributed by atoms with Gasteiger partial charge in [-0.15, -0.1) is 0 Å². The molecule has 1 N–H and O–H groups in total. The van der Waals surface area contributed by atoms with E-state index in [1.807, 2.05) is 0 Å². The third kappa shape index (κ3) is 3.14. The van der Waals surface area contributed by atoms with E-state index in [2.05, 4.69) is 15.5 Å². The topological polar surface area (TPSA) is 81.0 Å². The summed E-state index contributed by atoms with van der Waals surface area (Å²) in [5, 5.41) is 20.8. The van der Waals surface area contributed by atoms with Crippen LogP contribution in [0.25, 0.3) is 0 Å². The first-order chi connectivity index (χ1) is 9.08. The molecule has 1 heterocycles. The molecule has 8 heteroatoms. The zero-order valence-corrected chi connectivity index (χ0v) is 10.3. The highest BCUT2D eigenvalue weighted by molar-refractivity contribution is 6.31. The van der Waals surface area contributed by atoms with Crippen molar-refractivity contribution < 1.29 is 9.31 Å². The highest BCUT2D eigenvalue weighted by atomic mass is 35.5. The molecule has 0 spiro atoms. The number of anilines is 1. The molecule has 0 unspecified atom stereocenters. The standard InChI is InChI=1S/C11H8ClFN4O2/c12-8-4-11(17(18)19)10(5-9(8)13)14-6-7-2-1-3-15-16-7/h1-5,14H,6H2. The maximum absolute atomic E-state index is 13.3. The van der Waals surface area contributed by atoms with E-state index in [4.69, 9.17) is 11.6 Å². The molecule has 1 aromatic heterocycles. The average molecular weight is 283 g/mol. The van der Waals surface area contributed by atoms with Crippen molar-refractivity contribution in [1.29, 1.82) is 0 Å². The molecule has 0 fully saturated rings. The van der Waals surface area contributed by atoms with E-state index in [0.717, 1.165) is 12.1 Å². The van der Waals surface area contributed by atoms with E-state index in [9.17, 15) is 14.5 Å². The maximum Gasteiger partial charge on any atom is 0.294 e. The Balaban J connectivity index is 2.24. The minimum Gasteiger partial charge on any atom is -0.374 e. The quantitative estimate of drug-likeness (QED) is 0.689. The molecule has 2 aromatic rings. The fourth-order valence-electron chi connectivity index (χ4n) is 1.44. The average Bonchev–Trinajstić information content (AvgIpc) is 2.40. The molecule has 0 bridgehead atoms. The molecule has 0 aliphatic carbocycles. The third-order valence-corrected chi connectivity index (χ3v) is 2.61. The van der Waals surface area contributed by atoms with Crippen LogP contribution in [0.4, 0.5) is 15.8 Å². The second-order valence-electron chi connectivity index (χ2n) is 3.61. The lowest BCUT2D eigenvalue weighted by Gasteiger charge is -2.07. The third-order valence-electron chi connectivity index (χ3n) is 2.32. The van der Waals surface area contributed by atoms with Crippen LogP contribution in [0.3, 0.4) is 0 Å². The molecule has 0 amide bonds. The molecule has 2 rings (SSSR count). The maximum atomic E-state index is 13.3. The molecule has 0 aliphatic rings. The summed E-state index contributed by atoms with van der Waals surface area (Å²) in [5.74, 6) is -0.728. The number of hydrogen-bond acceptors (Lipinski definition) is 5.